The van der Waals surface area contributed by atoms with Crippen LogP contribution in [0.2, 0.25) is 0 Å². The van der Waals surface area contributed by atoms with Crippen molar-refractivity contribution in [1.29, 1.82) is 0 Å². The van der Waals surface area contributed by atoms with Gasteiger partial charge in [-0.05, 0) is 24.5 Å². The van der Waals surface area contributed by atoms with Gasteiger partial charge in [-0.1, -0.05) is 11.2 Å². The Balaban J connectivity index is 1.77. The van der Waals surface area contributed by atoms with E-state index in [4.69, 9.17) is 4.52 Å². The maximum absolute atomic E-state index is 12.5. The van der Waals surface area contributed by atoms with Crippen molar-refractivity contribution in [3.8, 4) is 0 Å². The summed E-state index contributed by atoms with van der Waals surface area (Å²) in [6.45, 7) is 1.13. The van der Waals surface area contributed by atoms with E-state index in [1.807, 2.05) is 6.07 Å². The largest absolute Gasteiger partial charge is 0.351 e. The number of piperidine rings is 1. The molecular formula is C16H20N4O4S. The summed E-state index contributed by atoms with van der Waals surface area (Å²) in [4.78, 5) is 18.1. The third-order valence-electron chi connectivity index (χ3n) is 4.23. The lowest BCUT2D eigenvalue weighted by Crippen LogP contribution is -2.51. The van der Waals surface area contributed by atoms with Gasteiger partial charge in [0.05, 0.1) is 12.5 Å². The van der Waals surface area contributed by atoms with Crippen LogP contribution >= 0.6 is 0 Å². The molecule has 0 aromatic carbocycles. The molecule has 0 radical (unpaired) electrons. The molecule has 3 heterocycles. The lowest BCUT2D eigenvalue weighted by Gasteiger charge is -2.37. The molecule has 0 N–H and O–H groups in total. The minimum Gasteiger partial charge on any atom is -0.351 e. The van der Waals surface area contributed by atoms with Gasteiger partial charge in [-0.3, -0.25) is 9.78 Å². The van der Waals surface area contributed by atoms with Crippen molar-refractivity contribution in [3.63, 3.8) is 0 Å². The van der Waals surface area contributed by atoms with Crippen LogP contribution in [-0.2, 0) is 16.6 Å². The van der Waals surface area contributed by atoms with Crippen LogP contribution in [0.5, 0.6) is 0 Å². The molecule has 1 atom stereocenters. The van der Waals surface area contributed by atoms with Crippen LogP contribution in [0.15, 0.2) is 41.3 Å². The van der Waals surface area contributed by atoms with Gasteiger partial charge in [-0.15, -0.1) is 0 Å². The smallest absolute Gasteiger partial charge is 0.292 e. The van der Waals surface area contributed by atoms with E-state index in [0.29, 0.717) is 19.5 Å². The zero-order valence-electron chi connectivity index (χ0n) is 13.9. The summed E-state index contributed by atoms with van der Waals surface area (Å²) in [6.07, 6.45) is 7.34. The van der Waals surface area contributed by atoms with E-state index in [2.05, 4.69) is 10.1 Å². The second kappa shape index (κ2) is 7.32. The molecule has 0 saturated carbocycles. The van der Waals surface area contributed by atoms with Gasteiger partial charge in [-0.25, -0.2) is 8.42 Å². The monoisotopic (exact) mass is 364 g/mol. The predicted octanol–water partition coefficient (Wildman–Crippen LogP) is 1.14. The second-order valence-electron chi connectivity index (χ2n) is 6.09. The summed E-state index contributed by atoms with van der Waals surface area (Å²) in [5.74, 6) is -0.101. The van der Waals surface area contributed by atoms with Crippen molar-refractivity contribution < 1.29 is 17.7 Å². The first-order chi connectivity index (χ1) is 11.9. The molecule has 1 saturated heterocycles. The molecule has 3 rings (SSSR count). The predicted molar refractivity (Wildman–Crippen MR) is 90.1 cm³/mol. The average molecular weight is 364 g/mol. The van der Waals surface area contributed by atoms with Crippen molar-refractivity contribution in [1.82, 2.24) is 19.3 Å². The Hall–Kier alpha value is -2.26. The van der Waals surface area contributed by atoms with Crippen molar-refractivity contribution >= 4 is 15.9 Å². The number of aromatic nitrogens is 2. The number of carbonyl (C=O) groups is 1. The molecule has 25 heavy (non-hydrogen) atoms. The third-order valence-corrected chi connectivity index (χ3v) is 5.51. The molecule has 2 aromatic rings. The number of hydrogen-bond acceptors (Lipinski definition) is 6. The fourth-order valence-electron chi connectivity index (χ4n) is 3.04. The van der Waals surface area contributed by atoms with E-state index >= 15 is 0 Å². The maximum atomic E-state index is 12.5. The number of pyridine rings is 1. The van der Waals surface area contributed by atoms with E-state index in [-0.39, 0.29) is 24.3 Å². The molecule has 0 bridgehead atoms. The molecule has 1 fully saturated rings. The third kappa shape index (κ3) is 4.23. The van der Waals surface area contributed by atoms with Crippen LogP contribution in [0.25, 0.3) is 0 Å². The topological polar surface area (TPSA) is 96.6 Å². The van der Waals surface area contributed by atoms with E-state index in [1.165, 1.54) is 22.8 Å². The maximum Gasteiger partial charge on any atom is 0.292 e. The van der Waals surface area contributed by atoms with Crippen LogP contribution < -0.4 is 0 Å². The first kappa shape index (κ1) is 17.6. The van der Waals surface area contributed by atoms with Crippen molar-refractivity contribution in [3.05, 3.63) is 48.1 Å². The van der Waals surface area contributed by atoms with Gasteiger partial charge >= 0.3 is 0 Å². The van der Waals surface area contributed by atoms with Gasteiger partial charge in [-0.2, -0.15) is 4.31 Å². The number of hydrogen-bond donors (Lipinski definition) is 0. The SMILES string of the molecule is CS(=O)(=O)N(Cc1cccnc1)C1CCCN(C(=O)c2ccno2)C1. The Kier molecular flexibility index (Phi) is 5.14. The zero-order chi connectivity index (χ0) is 17.9. The molecule has 0 aliphatic carbocycles. The molecule has 0 spiro atoms. The summed E-state index contributed by atoms with van der Waals surface area (Å²) in [6, 6.07) is 4.84. The summed E-state index contributed by atoms with van der Waals surface area (Å²) in [5, 5.41) is 3.55. The summed E-state index contributed by atoms with van der Waals surface area (Å²) < 4.78 is 31.0. The highest BCUT2D eigenvalue weighted by molar-refractivity contribution is 7.88. The highest BCUT2D eigenvalue weighted by Gasteiger charge is 2.33. The number of sulfonamides is 1. The lowest BCUT2D eigenvalue weighted by atomic mass is 10.0. The molecule has 9 heteroatoms. The number of likely N-dealkylation sites (tertiary alicyclic amines) is 1. The molecule has 1 aliphatic rings. The Bertz CT molecular complexity index is 808. The van der Waals surface area contributed by atoms with Crippen LogP contribution in [0.3, 0.4) is 0 Å². The summed E-state index contributed by atoms with van der Waals surface area (Å²) in [7, 11) is -3.43. The van der Waals surface area contributed by atoms with Gasteiger partial charge in [0.15, 0.2) is 0 Å². The van der Waals surface area contributed by atoms with Gasteiger partial charge < -0.3 is 9.42 Å². The first-order valence-electron chi connectivity index (χ1n) is 8.01. The van der Waals surface area contributed by atoms with E-state index in [1.54, 1.807) is 23.4 Å². The van der Waals surface area contributed by atoms with Crippen molar-refractivity contribution in [2.75, 3.05) is 19.3 Å². The average Bonchev–Trinajstić information content (AvgIpc) is 3.14. The number of nitrogens with zero attached hydrogens (tertiary/aromatic N) is 4. The Morgan fingerprint density at radius 2 is 2.24 bits per heavy atom. The number of rotatable bonds is 5. The molecule has 134 valence electrons. The molecule has 1 amide bonds. The summed E-state index contributed by atoms with van der Waals surface area (Å²) in [5.41, 5.74) is 0.812. The molecule has 8 nitrogen and oxygen atoms in total. The quantitative estimate of drug-likeness (QED) is 0.789. The minimum atomic E-state index is -3.43. The number of carbonyl (C=O) groups excluding carboxylic acids is 1. The highest BCUT2D eigenvalue weighted by Crippen LogP contribution is 2.22. The molecular weight excluding hydrogens is 344 g/mol. The molecule has 2 aromatic heterocycles. The fraction of sp³-hybridized carbons (Fsp3) is 0.438. The van der Waals surface area contributed by atoms with Gasteiger partial charge in [0.1, 0.15) is 0 Å². The van der Waals surface area contributed by atoms with E-state index < -0.39 is 10.0 Å². The normalized spacial score (nSPS) is 18.5. The van der Waals surface area contributed by atoms with Crippen LogP contribution in [-0.4, -0.2) is 59.1 Å². The Morgan fingerprint density at radius 1 is 1.40 bits per heavy atom. The van der Waals surface area contributed by atoms with Gasteiger partial charge in [0.2, 0.25) is 15.8 Å². The van der Waals surface area contributed by atoms with Crippen LogP contribution in [0.1, 0.15) is 29.0 Å². The number of amides is 1. The summed E-state index contributed by atoms with van der Waals surface area (Å²) >= 11 is 0. The standard InChI is InChI=1S/C16H20N4O4S/c1-25(22,23)20(11-13-4-2-7-17-10-13)14-5-3-9-19(12-14)16(21)15-6-8-18-24-15/h2,4,6-8,10,14H,3,5,9,11-12H2,1H3. The Labute approximate surface area is 146 Å². The Morgan fingerprint density at radius 3 is 2.88 bits per heavy atom. The molecule has 1 aliphatic heterocycles. The van der Waals surface area contributed by atoms with E-state index in [0.717, 1.165) is 12.0 Å². The zero-order valence-corrected chi connectivity index (χ0v) is 14.7. The fourth-order valence-corrected chi connectivity index (χ4v) is 4.14. The van der Waals surface area contributed by atoms with Crippen molar-refractivity contribution in [2.24, 2.45) is 0 Å². The second-order valence-corrected chi connectivity index (χ2v) is 8.03. The van der Waals surface area contributed by atoms with Crippen LogP contribution in [0, 0.1) is 0 Å². The minimum absolute atomic E-state index is 0.166. The highest BCUT2D eigenvalue weighted by atomic mass is 32.2. The first-order valence-corrected chi connectivity index (χ1v) is 9.85. The van der Waals surface area contributed by atoms with Crippen LogP contribution in [0.4, 0.5) is 0 Å². The lowest BCUT2D eigenvalue weighted by molar-refractivity contribution is 0.0610. The van der Waals surface area contributed by atoms with E-state index in [9.17, 15) is 13.2 Å². The molecule has 1 unspecified atom stereocenters. The van der Waals surface area contributed by atoms with Gasteiger partial charge in [0.25, 0.3) is 5.91 Å². The van der Waals surface area contributed by atoms with Gasteiger partial charge in [0, 0.05) is 44.1 Å². The van der Waals surface area contributed by atoms with Crippen molar-refractivity contribution in [2.45, 2.75) is 25.4 Å².